The minimum atomic E-state index is -0.474. The van der Waals surface area contributed by atoms with Crippen LogP contribution in [0.4, 0.5) is 0 Å². The second-order valence-electron chi connectivity index (χ2n) is 4.57. The third kappa shape index (κ3) is 4.08. The summed E-state index contributed by atoms with van der Waals surface area (Å²) in [5.74, 6) is -0.156. The van der Waals surface area contributed by atoms with E-state index in [-0.39, 0.29) is 30.3 Å². The lowest BCUT2D eigenvalue weighted by Gasteiger charge is -2.04. The van der Waals surface area contributed by atoms with E-state index in [0.717, 1.165) is 0 Å². The molecule has 0 aromatic carbocycles. The highest BCUT2D eigenvalue weighted by Gasteiger charge is 2.12. The van der Waals surface area contributed by atoms with Crippen LogP contribution in [0.2, 0.25) is 0 Å². The summed E-state index contributed by atoms with van der Waals surface area (Å²) in [5, 5.41) is 5.03. The maximum absolute atomic E-state index is 11.8. The maximum Gasteiger partial charge on any atom is 0.287 e. The molecule has 7 heteroatoms. The minimum absolute atomic E-state index is 0.100. The van der Waals surface area contributed by atoms with Gasteiger partial charge >= 0.3 is 0 Å². The Kier molecular flexibility index (Phi) is 5.13. The second-order valence-corrected chi connectivity index (χ2v) is 4.57. The van der Waals surface area contributed by atoms with Crippen LogP contribution in [0, 0.1) is 0 Å². The van der Waals surface area contributed by atoms with E-state index >= 15 is 0 Å². The van der Waals surface area contributed by atoms with Gasteiger partial charge in [-0.1, -0.05) is 6.07 Å². The van der Waals surface area contributed by atoms with Crippen LogP contribution in [-0.4, -0.2) is 29.5 Å². The van der Waals surface area contributed by atoms with Gasteiger partial charge in [0.2, 0.25) is 5.91 Å². The Balaban J connectivity index is 1.96. The highest BCUT2D eigenvalue weighted by atomic mass is 16.4. The third-order valence-electron chi connectivity index (χ3n) is 2.89. The van der Waals surface area contributed by atoms with Gasteiger partial charge in [-0.05, 0) is 25.1 Å². The SMILES string of the molecule is CCNC(=O)CNC(=O)c1ccc(Cn2ccccc2=O)o1. The van der Waals surface area contributed by atoms with Crippen LogP contribution in [0.3, 0.4) is 0 Å². The van der Waals surface area contributed by atoms with Crippen LogP contribution in [0.5, 0.6) is 0 Å². The zero-order chi connectivity index (χ0) is 15.9. The van der Waals surface area contributed by atoms with Crippen molar-refractivity contribution < 1.29 is 14.0 Å². The second kappa shape index (κ2) is 7.26. The molecule has 116 valence electrons. The summed E-state index contributed by atoms with van der Waals surface area (Å²) in [6.07, 6.45) is 1.64. The average Bonchev–Trinajstić information content (AvgIpc) is 2.96. The molecular weight excluding hydrogens is 286 g/mol. The number of furan rings is 1. The molecule has 7 nitrogen and oxygen atoms in total. The monoisotopic (exact) mass is 303 g/mol. The molecule has 0 aliphatic rings. The topological polar surface area (TPSA) is 93.3 Å². The molecule has 2 amide bonds. The summed E-state index contributed by atoms with van der Waals surface area (Å²) in [5.41, 5.74) is -0.152. The molecule has 2 aromatic heterocycles. The lowest BCUT2D eigenvalue weighted by atomic mass is 10.4. The van der Waals surface area contributed by atoms with Gasteiger partial charge in [-0.15, -0.1) is 0 Å². The van der Waals surface area contributed by atoms with Crippen molar-refractivity contribution in [3.8, 4) is 0 Å². The average molecular weight is 303 g/mol. The van der Waals surface area contributed by atoms with Gasteiger partial charge < -0.3 is 19.6 Å². The van der Waals surface area contributed by atoms with Crippen molar-refractivity contribution in [2.75, 3.05) is 13.1 Å². The van der Waals surface area contributed by atoms with Gasteiger partial charge in [-0.25, -0.2) is 0 Å². The zero-order valence-electron chi connectivity index (χ0n) is 12.2. The van der Waals surface area contributed by atoms with E-state index < -0.39 is 5.91 Å². The molecule has 0 radical (unpaired) electrons. The van der Waals surface area contributed by atoms with E-state index in [2.05, 4.69) is 10.6 Å². The Labute approximate surface area is 126 Å². The number of carbonyl (C=O) groups excluding carboxylic acids is 2. The highest BCUT2D eigenvalue weighted by Crippen LogP contribution is 2.08. The van der Waals surface area contributed by atoms with Gasteiger partial charge in [0, 0.05) is 18.8 Å². The van der Waals surface area contributed by atoms with Crippen LogP contribution in [0.1, 0.15) is 23.2 Å². The fourth-order valence-corrected chi connectivity index (χ4v) is 1.85. The van der Waals surface area contributed by atoms with Crippen LogP contribution in [0.15, 0.2) is 45.7 Å². The van der Waals surface area contributed by atoms with Crippen LogP contribution < -0.4 is 16.2 Å². The molecule has 0 atom stereocenters. The summed E-state index contributed by atoms with van der Waals surface area (Å²) in [4.78, 5) is 34.7. The molecule has 0 spiro atoms. The molecular formula is C15H17N3O4. The van der Waals surface area contributed by atoms with Crippen LogP contribution in [-0.2, 0) is 11.3 Å². The number of nitrogens with zero attached hydrogens (tertiary/aromatic N) is 1. The largest absolute Gasteiger partial charge is 0.454 e. The summed E-state index contributed by atoms with van der Waals surface area (Å²) in [6, 6.07) is 7.98. The first-order chi connectivity index (χ1) is 10.6. The van der Waals surface area contributed by atoms with Crippen molar-refractivity contribution in [1.82, 2.24) is 15.2 Å². The Morgan fingerprint density at radius 3 is 2.73 bits per heavy atom. The van der Waals surface area contributed by atoms with Gasteiger partial charge in [0.25, 0.3) is 11.5 Å². The molecule has 0 saturated heterocycles. The molecule has 2 rings (SSSR count). The zero-order valence-corrected chi connectivity index (χ0v) is 12.2. The standard InChI is InChI=1S/C15H17N3O4/c1-2-16-13(19)9-17-15(21)12-7-6-11(22-12)10-18-8-4-3-5-14(18)20/h3-8H,2,9-10H2,1H3,(H,16,19)(H,17,21). The number of pyridine rings is 1. The summed E-state index contributed by atoms with van der Waals surface area (Å²) in [7, 11) is 0. The first-order valence-electron chi connectivity index (χ1n) is 6.89. The van der Waals surface area contributed by atoms with E-state index in [1.54, 1.807) is 31.3 Å². The first-order valence-corrected chi connectivity index (χ1v) is 6.89. The third-order valence-corrected chi connectivity index (χ3v) is 2.89. The predicted octanol–water partition coefficient (Wildman–Crippen LogP) is 0.355. The number of carbonyl (C=O) groups is 2. The number of hydrogen-bond donors (Lipinski definition) is 2. The van der Waals surface area contributed by atoms with Crippen molar-refractivity contribution >= 4 is 11.8 Å². The number of amides is 2. The highest BCUT2D eigenvalue weighted by molar-refractivity contribution is 5.94. The van der Waals surface area contributed by atoms with E-state index in [1.807, 2.05) is 0 Å². The quantitative estimate of drug-likeness (QED) is 0.805. The van der Waals surface area contributed by atoms with Crippen molar-refractivity contribution in [3.63, 3.8) is 0 Å². The first kappa shape index (κ1) is 15.6. The molecule has 2 aromatic rings. The van der Waals surface area contributed by atoms with Gasteiger partial charge in [0.15, 0.2) is 5.76 Å². The van der Waals surface area contributed by atoms with Crippen molar-refractivity contribution in [2.45, 2.75) is 13.5 Å². The summed E-state index contributed by atoms with van der Waals surface area (Å²) in [6.45, 7) is 2.43. The van der Waals surface area contributed by atoms with Gasteiger partial charge in [0.1, 0.15) is 5.76 Å². The lowest BCUT2D eigenvalue weighted by Crippen LogP contribution is -2.36. The number of hydrogen-bond acceptors (Lipinski definition) is 4. The molecule has 0 saturated carbocycles. The van der Waals surface area contributed by atoms with E-state index in [1.165, 1.54) is 16.7 Å². The summed E-state index contributed by atoms with van der Waals surface area (Å²) >= 11 is 0. The molecule has 2 heterocycles. The number of aromatic nitrogens is 1. The fraction of sp³-hybridized carbons (Fsp3) is 0.267. The molecule has 2 N–H and O–H groups in total. The molecule has 0 aliphatic carbocycles. The predicted molar refractivity (Wildman–Crippen MR) is 79.5 cm³/mol. The van der Waals surface area contributed by atoms with Gasteiger partial charge in [-0.2, -0.15) is 0 Å². The lowest BCUT2D eigenvalue weighted by molar-refractivity contribution is -0.120. The summed E-state index contributed by atoms with van der Waals surface area (Å²) < 4.78 is 6.86. The Morgan fingerprint density at radius 2 is 2.00 bits per heavy atom. The minimum Gasteiger partial charge on any atom is -0.454 e. The van der Waals surface area contributed by atoms with E-state index in [9.17, 15) is 14.4 Å². The smallest absolute Gasteiger partial charge is 0.287 e. The Bertz CT molecular complexity index is 717. The number of nitrogens with one attached hydrogen (secondary N) is 2. The molecule has 0 unspecified atom stereocenters. The van der Waals surface area contributed by atoms with E-state index in [0.29, 0.717) is 12.3 Å². The van der Waals surface area contributed by atoms with Gasteiger partial charge in [-0.3, -0.25) is 14.4 Å². The van der Waals surface area contributed by atoms with Crippen molar-refractivity contribution in [3.05, 3.63) is 58.4 Å². The van der Waals surface area contributed by atoms with Crippen LogP contribution in [0.25, 0.3) is 0 Å². The van der Waals surface area contributed by atoms with Gasteiger partial charge in [0.05, 0.1) is 13.1 Å². The fourth-order valence-electron chi connectivity index (χ4n) is 1.85. The Hall–Kier alpha value is -2.83. The normalized spacial score (nSPS) is 10.2. The molecule has 0 fully saturated rings. The molecule has 0 bridgehead atoms. The Morgan fingerprint density at radius 1 is 1.18 bits per heavy atom. The number of rotatable bonds is 6. The molecule has 22 heavy (non-hydrogen) atoms. The molecule has 0 aliphatic heterocycles. The maximum atomic E-state index is 11.8. The van der Waals surface area contributed by atoms with Crippen LogP contribution >= 0.6 is 0 Å². The van der Waals surface area contributed by atoms with E-state index in [4.69, 9.17) is 4.42 Å². The number of likely N-dealkylation sites (N-methyl/N-ethyl adjacent to an activating group) is 1. The van der Waals surface area contributed by atoms with Crippen molar-refractivity contribution in [1.29, 1.82) is 0 Å². The van der Waals surface area contributed by atoms with Crippen molar-refractivity contribution in [2.24, 2.45) is 0 Å².